The second kappa shape index (κ2) is 2.69. The van der Waals surface area contributed by atoms with Gasteiger partial charge in [-0.1, -0.05) is 0 Å². The first-order valence-corrected chi connectivity index (χ1v) is 2.80. The van der Waals surface area contributed by atoms with E-state index in [1.54, 1.807) is 0 Å². The minimum atomic E-state index is -4.82. The maximum Gasteiger partial charge on any atom is 0.433 e. The van der Waals surface area contributed by atoms with Crippen molar-refractivity contribution in [3.8, 4) is 0 Å². The molecule has 0 N–H and O–H groups in total. The van der Waals surface area contributed by atoms with E-state index in [0.717, 1.165) is 0 Å². The van der Waals surface area contributed by atoms with Crippen LogP contribution in [0.1, 0.15) is 5.69 Å². The van der Waals surface area contributed by atoms with E-state index in [-0.39, 0.29) is 12.1 Å². The van der Waals surface area contributed by atoms with Crippen molar-refractivity contribution >= 4 is 0 Å². The number of hydrogen-bond acceptors (Lipinski definition) is 1. The van der Waals surface area contributed by atoms with Crippen LogP contribution in [0.3, 0.4) is 0 Å². The van der Waals surface area contributed by atoms with E-state index >= 15 is 0 Å². The summed E-state index contributed by atoms with van der Waals surface area (Å²) in [5, 5.41) is 0. The zero-order chi connectivity index (χ0) is 9.35. The Morgan fingerprint density at radius 1 is 1.08 bits per heavy atom. The molecule has 1 aromatic heterocycles. The molecule has 0 unspecified atom stereocenters. The van der Waals surface area contributed by atoms with Crippen molar-refractivity contribution in [2.75, 3.05) is 0 Å². The third-order valence-corrected chi connectivity index (χ3v) is 1.05. The molecule has 0 fully saturated rings. The Labute approximate surface area is 63.8 Å². The summed E-state index contributed by atoms with van der Waals surface area (Å²) in [5.74, 6) is -2.78. The Bertz CT molecular complexity index is 272. The molecule has 0 atom stereocenters. The van der Waals surface area contributed by atoms with Gasteiger partial charge in [0.05, 0.1) is 0 Å². The van der Waals surface area contributed by atoms with Gasteiger partial charge in [-0.05, 0) is 0 Å². The van der Waals surface area contributed by atoms with E-state index in [4.69, 9.17) is 0 Å². The number of pyridine rings is 1. The molecule has 0 radical (unpaired) electrons. The fourth-order valence-electron chi connectivity index (χ4n) is 0.611. The predicted octanol–water partition coefficient (Wildman–Crippen LogP) is 2.38. The van der Waals surface area contributed by atoms with E-state index in [1.807, 2.05) is 0 Å². The van der Waals surface area contributed by atoms with Crippen LogP contribution in [-0.2, 0) is 6.18 Å². The van der Waals surface area contributed by atoms with E-state index < -0.39 is 23.6 Å². The van der Waals surface area contributed by atoms with Gasteiger partial charge in [0.15, 0.2) is 5.69 Å². The monoisotopic (exact) mass is 183 g/mol. The summed E-state index contributed by atoms with van der Waals surface area (Å²) in [4.78, 5) is 2.47. The lowest BCUT2D eigenvalue weighted by atomic mass is 10.3. The van der Waals surface area contributed by atoms with Crippen LogP contribution < -0.4 is 0 Å². The number of alkyl halides is 3. The summed E-state index contributed by atoms with van der Waals surface area (Å²) in [7, 11) is 0. The van der Waals surface area contributed by atoms with E-state index in [9.17, 15) is 22.0 Å². The summed E-state index contributed by atoms with van der Waals surface area (Å²) in [6, 6.07) is 0.401. The third kappa shape index (κ3) is 1.90. The molecule has 0 aliphatic rings. The minimum absolute atomic E-state index is 0.128. The third-order valence-electron chi connectivity index (χ3n) is 1.05. The summed E-state index contributed by atoms with van der Waals surface area (Å²) < 4.78 is 59.5. The second-order valence-electron chi connectivity index (χ2n) is 1.99. The molecule has 1 heterocycles. The normalized spacial score (nSPS) is 11.8. The number of aromatic nitrogens is 1. The number of hydrogen-bond donors (Lipinski definition) is 0. The van der Waals surface area contributed by atoms with Gasteiger partial charge in [-0.2, -0.15) is 17.6 Å². The molecule has 0 aliphatic carbocycles. The molecule has 6 heteroatoms. The Balaban J connectivity index is 3.18. The van der Waals surface area contributed by atoms with Crippen LogP contribution in [0.4, 0.5) is 22.0 Å². The van der Waals surface area contributed by atoms with Gasteiger partial charge in [0, 0.05) is 12.1 Å². The highest BCUT2D eigenvalue weighted by molar-refractivity contribution is 5.09. The number of rotatable bonds is 0. The molecular formula is C6H2F5N. The van der Waals surface area contributed by atoms with Crippen LogP contribution >= 0.6 is 0 Å². The Morgan fingerprint density at radius 3 is 2.08 bits per heavy atom. The smallest absolute Gasteiger partial charge is 0.215 e. The maximum atomic E-state index is 12.2. The number of nitrogens with zero attached hydrogens (tertiary/aromatic N) is 1. The van der Waals surface area contributed by atoms with E-state index in [2.05, 4.69) is 4.98 Å². The van der Waals surface area contributed by atoms with Gasteiger partial charge in [-0.25, -0.2) is 9.37 Å². The molecule has 1 rings (SSSR count). The SMILES string of the molecule is Fc1cc(F)nc(C(F)(F)F)c1. The van der Waals surface area contributed by atoms with Crippen LogP contribution in [0, 0.1) is 11.8 Å². The van der Waals surface area contributed by atoms with Crippen molar-refractivity contribution in [1.29, 1.82) is 0 Å². The Hall–Kier alpha value is -1.20. The first kappa shape index (κ1) is 8.89. The van der Waals surface area contributed by atoms with Gasteiger partial charge in [-0.3, -0.25) is 0 Å². The highest BCUT2D eigenvalue weighted by Crippen LogP contribution is 2.27. The van der Waals surface area contributed by atoms with Gasteiger partial charge in [0.2, 0.25) is 5.95 Å². The predicted molar refractivity (Wildman–Crippen MR) is 29.2 cm³/mol. The second-order valence-corrected chi connectivity index (χ2v) is 1.99. The fourth-order valence-corrected chi connectivity index (χ4v) is 0.611. The zero-order valence-electron chi connectivity index (χ0n) is 5.49. The lowest BCUT2D eigenvalue weighted by molar-refractivity contribution is -0.141. The lowest BCUT2D eigenvalue weighted by Crippen LogP contribution is -2.09. The van der Waals surface area contributed by atoms with Gasteiger partial charge in [-0.15, -0.1) is 0 Å². The van der Waals surface area contributed by atoms with Crippen LogP contribution in [0.15, 0.2) is 12.1 Å². The average molecular weight is 183 g/mol. The molecule has 0 aliphatic heterocycles. The molecule has 0 saturated carbocycles. The summed E-state index contributed by atoms with van der Waals surface area (Å²) in [6.45, 7) is 0. The van der Waals surface area contributed by atoms with Crippen molar-refractivity contribution in [3.05, 3.63) is 29.6 Å². The van der Waals surface area contributed by atoms with Crippen molar-refractivity contribution in [3.63, 3.8) is 0 Å². The lowest BCUT2D eigenvalue weighted by Gasteiger charge is -2.04. The number of halogens is 5. The van der Waals surface area contributed by atoms with Gasteiger partial charge >= 0.3 is 6.18 Å². The minimum Gasteiger partial charge on any atom is -0.215 e. The molecule has 1 aromatic rings. The quantitative estimate of drug-likeness (QED) is 0.444. The molecule has 12 heavy (non-hydrogen) atoms. The highest BCUT2D eigenvalue weighted by atomic mass is 19.4. The first-order chi connectivity index (χ1) is 5.39. The highest BCUT2D eigenvalue weighted by Gasteiger charge is 2.33. The Kier molecular flexibility index (Phi) is 1.99. The molecule has 0 bridgehead atoms. The van der Waals surface area contributed by atoms with Crippen molar-refractivity contribution in [2.45, 2.75) is 6.18 Å². The topological polar surface area (TPSA) is 12.9 Å². The molecule has 0 aromatic carbocycles. The van der Waals surface area contributed by atoms with Crippen LogP contribution in [0.2, 0.25) is 0 Å². The molecule has 0 amide bonds. The van der Waals surface area contributed by atoms with Crippen LogP contribution in [0.25, 0.3) is 0 Å². The van der Waals surface area contributed by atoms with Crippen LogP contribution in [0.5, 0.6) is 0 Å². The summed E-state index contributed by atoms with van der Waals surface area (Å²) in [5.41, 5.74) is -1.57. The molecule has 0 saturated heterocycles. The first-order valence-electron chi connectivity index (χ1n) is 2.80. The molecule has 1 nitrogen and oxygen atoms in total. The van der Waals surface area contributed by atoms with Gasteiger partial charge in [0.1, 0.15) is 5.82 Å². The Morgan fingerprint density at radius 2 is 1.67 bits per heavy atom. The van der Waals surface area contributed by atoms with Gasteiger partial charge < -0.3 is 0 Å². The van der Waals surface area contributed by atoms with Crippen molar-refractivity contribution in [1.82, 2.24) is 4.98 Å². The van der Waals surface area contributed by atoms with Gasteiger partial charge in [0.25, 0.3) is 0 Å². The fraction of sp³-hybridized carbons (Fsp3) is 0.167. The average Bonchev–Trinajstić information content (AvgIpc) is 1.82. The standard InChI is InChI=1S/C6H2F5N/c7-3-1-4(6(9,10)11)12-5(8)2-3/h1-2H. The van der Waals surface area contributed by atoms with Crippen molar-refractivity contribution in [2.24, 2.45) is 0 Å². The van der Waals surface area contributed by atoms with E-state index in [0.29, 0.717) is 0 Å². The van der Waals surface area contributed by atoms with E-state index in [1.165, 1.54) is 0 Å². The zero-order valence-corrected chi connectivity index (χ0v) is 5.49. The molecular weight excluding hydrogens is 181 g/mol. The van der Waals surface area contributed by atoms with Crippen molar-refractivity contribution < 1.29 is 22.0 Å². The summed E-state index contributed by atoms with van der Waals surface area (Å²) >= 11 is 0. The maximum absolute atomic E-state index is 12.2. The summed E-state index contributed by atoms with van der Waals surface area (Å²) in [6.07, 6.45) is -4.82. The van der Waals surface area contributed by atoms with Crippen LogP contribution in [-0.4, -0.2) is 4.98 Å². The largest absolute Gasteiger partial charge is 0.433 e. The molecule has 66 valence electrons. The molecule has 0 spiro atoms.